The number of aromatic nitrogens is 2. The highest BCUT2D eigenvalue weighted by Gasteiger charge is 2.04. The van der Waals surface area contributed by atoms with Crippen LogP contribution in [0.4, 0.5) is 6.01 Å². The third-order valence-corrected chi connectivity index (χ3v) is 3.22. The third-order valence-electron chi connectivity index (χ3n) is 1.92. The van der Waals surface area contributed by atoms with Crippen LogP contribution in [0, 0.1) is 0 Å². The predicted molar refractivity (Wildman–Crippen MR) is 63.7 cm³/mol. The van der Waals surface area contributed by atoms with Crippen LogP contribution < -0.4 is 10.6 Å². The van der Waals surface area contributed by atoms with Gasteiger partial charge in [0, 0.05) is 28.9 Å². The minimum Gasteiger partial charge on any atom is -0.407 e. The quantitative estimate of drug-likeness (QED) is 0.689. The van der Waals surface area contributed by atoms with E-state index in [1.807, 2.05) is 13.8 Å². The van der Waals surface area contributed by atoms with Crippen LogP contribution in [0.15, 0.2) is 4.42 Å². The maximum Gasteiger partial charge on any atom is 0.315 e. The maximum atomic E-state index is 11.1. The van der Waals surface area contributed by atoms with Gasteiger partial charge >= 0.3 is 6.01 Å². The molecule has 0 amide bonds. The first-order valence-electron chi connectivity index (χ1n) is 5.38. The molecule has 16 heavy (non-hydrogen) atoms. The van der Waals surface area contributed by atoms with Crippen LogP contribution in [0.1, 0.15) is 19.7 Å². The van der Waals surface area contributed by atoms with Crippen LogP contribution in [0.2, 0.25) is 0 Å². The van der Waals surface area contributed by atoms with Gasteiger partial charge in [-0.2, -0.15) is 0 Å². The Morgan fingerprint density at radius 2 is 2.19 bits per heavy atom. The fraction of sp³-hybridized carbons (Fsp3) is 0.778. The molecule has 6 nitrogen and oxygen atoms in total. The standard InChI is InChI=1S/C9H18N4O2S/c1-3-10-7-8-12-13-9(15-8)11-5-6-16(14)4-2/h10H,3-7H2,1-2H3,(H,11,13). The summed E-state index contributed by atoms with van der Waals surface area (Å²) >= 11 is 0. The fourth-order valence-corrected chi connectivity index (χ4v) is 1.66. The van der Waals surface area contributed by atoms with Gasteiger partial charge in [0.2, 0.25) is 5.89 Å². The number of anilines is 1. The van der Waals surface area contributed by atoms with E-state index in [1.165, 1.54) is 0 Å². The Morgan fingerprint density at radius 3 is 2.88 bits per heavy atom. The van der Waals surface area contributed by atoms with Gasteiger partial charge in [-0.05, 0) is 6.54 Å². The summed E-state index contributed by atoms with van der Waals surface area (Å²) in [6.45, 7) is 5.93. The highest BCUT2D eigenvalue weighted by molar-refractivity contribution is 7.84. The first kappa shape index (κ1) is 13.1. The summed E-state index contributed by atoms with van der Waals surface area (Å²) in [5.74, 6) is 1.83. The molecular weight excluding hydrogens is 228 g/mol. The van der Waals surface area contributed by atoms with Gasteiger partial charge in [-0.25, -0.2) is 0 Å². The minimum absolute atomic E-state index is 0.390. The molecule has 0 bridgehead atoms. The summed E-state index contributed by atoms with van der Waals surface area (Å²) in [6, 6.07) is 0.390. The van der Waals surface area contributed by atoms with Crippen molar-refractivity contribution in [3.63, 3.8) is 0 Å². The van der Waals surface area contributed by atoms with Crippen LogP contribution in [-0.4, -0.2) is 39.0 Å². The van der Waals surface area contributed by atoms with Crippen molar-refractivity contribution in [1.29, 1.82) is 0 Å². The first-order valence-corrected chi connectivity index (χ1v) is 6.87. The van der Waals surface area contributed by atoms with E-state index in [0.717, 1.165) is 6.54 Å². The Bertz CT molecular complexity index is 329. The topological polar surface area (TPSA) is 80.0 Å². The van der Waals surface area contributed by atoms with E-state index in [4.69, 9.17) is 4.42 Å². The fourth-order valence-electron chi connectivity index (χ4n) is 1.04. The minimum atomic E-state index is -0.763. The van der Waals surface area contributed by atoms with Crippen molar-refractivity contribution in [2.75, 3.05) is 29.9 Å². The summed E-state index contributed by atoms with van der Waals surface area (Å²) in [5, 5.41) is 13.7. The largest absolute Gasteiger partial charge is 0.407 e. The van der Waals surface area contributed by atoms with Crippen molar-refractivity contribution in [1.82, 2.24) is 15.5 Å². The average Bonchev–Trinajstić information content (AvgIpc) is 2.74. The van der Waals surface area contributed by atoms with Crippen molar-refractivity contribution < 1.29 is 8.63 Å². The van der Waals surface area contributed by atoms with Crippen molar-refractivity contribution in [2.24, 2.45) is 0 Å². The lowest BCUT2D eigenvalue weighted by Gasteiger charge is -1.99. The number of hydrogen-bond donors (Lipinski definition) is 2. The van der Waals surface area contributed by atoms with Crippen molar-refractivity contribution >= 4 is 16.8 Å². The Kier molecular flexibility index (Phi) is 6.02. The molecule has 0 spiro atoms. The zero-order valence-electron chi connectivity index (χ0n) is 9.65. The molecule has 1 aromatic rings. The number of hydrogen-bond acceptors (Lipinski definition) is 6. The molecule has 0 aromatic carbocycles. The highest BCUT2D eigenvalue weighted by atomic mass is 32.2. The molecule has 1 unspecified atom stereocenters. The van der Waals surface area contributed by atoms with Crippen LogP contribution >= 0.6 is 0 Å². The van der Waals surface area contributed by atoms with Crippen LogP contribution in [0.5, 0.6) is 0 Å². The van der Waals surface area contributed by atoms with Gasteiger partial charge in [0.05, 0.1) is 6.54 Å². The van der Waals surface area contributed by atoms with Crippen molar-refractivity contribution in [3.05, 3.63) is 5.89 Å². The van der Waals surface area contributed by atoms with E-state index in [1.54, 1.807) is 0 Å². The Hall–Kier alpha value is -0.950. The van der Waals surface area contributed by atoms with Gasteiger partial charge in [-0.1, -0.05) is 18.9 Å². The smallest absolute Gasteiger partial charge is 0.315 e. The molecule has 2 N–H and O–H groups in total. The second-order valence-electron chi connectivity index (χ2n) is 3.14. The van der Waals surface area contributed by atoms with E-state index in [-0.39, 0.29) is 0 Å². The molecular formula is C9H18N4O2S. The van der Waals surface area contributed by atoms with E-state index < -0.39 is 10.8 Å². The average molecular weight is 246 g/mol. The molecule has 7 heteroatoms. The molecule has 0 aliphatic carbocycles. The van der Waals surface area contributed by atoms with Gasteiger partial charge in [-0.3, -0.25) is 4.21 Å². The molecule has 0 radical (unpaired) electrons. The van der Waals surface area contributed by atoms with E-state index in [0.29, 0.717) is 36.5 Å². The lowest BCUT2D eigenvalue weighted by Crippen LogP contribution is -2.12. The maximum absolute atomic E-state index is 11.1. The second kappa shape index (κ2) is 7.34. The Labute approximate surface area is 97.7 Å². The molecule has 92 valence electrons. The van der Waals surface area contributed by atoms with Crippen molar-refractivity contribution in [3.8, 4) is 0 Å². The van der Waals surface area contributed by atoms with Gasteiger partial charge in [-0.15, -0.1) is 5.10 Å². The van der Waals surface area contributed by atoms with E-state index in [2.05, 4.69) is 20.8 Å². The number of nitrogens with one attached hydrogen (secondary N) is 2. The van der Waals surface area contributed by atoms with Gasteiger partial charge in [0.15, 0.2) is 0 Å². The van der Waals surface area contributed by atoms with Crippen LogP contribution in [0.25, 0.3) is 0 Å². The molecule has 0 aliphatic rings. The van der Waals surface area contributed by atoms with E-state index >= 15 is 0 Å². The molecule has 1 atom stereocenters. The Balaban J connectivity index is 2.26. The molecule has 0 aliphatic heterocycles. The summed E-state index contributed by atoms with van der Waals surface area (Å²) < 4.78 is 16.4. The van der Waals surface area contributed by atoms with Crippen LogP contribution in [0.3, 0.4) is 0 Å². The molecule has 1 aromatic heterocycles. The van der Waals surface area contributed by atoms with Crippen molar-refractivity contribution in [2.45, 2.75) is 20.4 Å². The van der Waals surface area contributed by atoms with E-state index in [9.17, 15) is 4.21 Å². The lowest BCUT2D eigenvalue weighted by atomic mass is 10.6. The zero-order chi connectivity index (χ0) is 11.8. The molecule has 1 rings (SSSR count). The lowest BCUT2D eigenvalue weighted by molar-refractivity contribution is 0.482. The summed E-state index contributed by atoms with van der Waals surface area (Å²) in [5.41, 5.74) is 0. The number of rotatable bonds is 8. The predicted octanol–water partition coefficient (Wildman–Crippen LogP) is 0.360. The van der Waals surface area contributed by atoms with Gasteiger partial charge in [0.25, 0.3) is 0 Å². The molecule has 0 saturated carbocycles. The van der Waals surface area contributed by atoms with Gasteiger partial charge in [0.1, 0.15) is 0 Å². The third kappa shape index (κ3) is 4.71. The Morgan fingerprint density at radius 1 is 1.38 bits per heavy atom. The first-order chi connectivity index (χ1) is 7.76. The molecule has 0 saturated heterocycles. The SMILES string of the molecule is CCNCc1nnc(NCCS(=O)CC)o1. The molecule has 0 fully saturated rings. The summed E-state index contributed by atoms with van der Waals surface area (Å²) in [4.78, 5) is 0. The summed E-state index contributed by atoms with van der Waals surface area (Å²) in [7, 11) is -0.763. The normalized spacial score (nSPS) is 12.6. The van der Waals surface area contributed by atoms with Gasteiger partial charge < -0.3 is 15.1 Å². The molecule has 1 heterocycles. The van der Waals surface area contributed by atoms with Crippen LogP contribution in [-0.2, 0) is 17.3 Å². The zero-order valence-corrected chi connectivity index (χ0v) is 10.5. The monoisotopic (exact) mass is 246 g/mol. The summed E-state index contributed by atoms with van der Waals surface area (Å²) in [6.07, 6.45) is 0. The highest BCUT2D eigenvalue weighted by Crippen LogP contribution is 2.04. The number of nitrogens with zero attached hydrogens (tertiary/aromatic N) is 2. The second-order valence-corrected chi connectivity index (χ2v) is 5.01.